The molecule has 0 spiro atoms. The Balaban J connectivity index is 1.98. The summed E-state index contributed by atoms with van der Waals surface area (Å²) in [7, 11) is 1.69. The predicted molar refractivity (Wildman–Crippen MR) is 61.2 cm³/mol. The Labute approximate surface area is 96.6 Å². The Morgan fingerprint density at radius 3 is 2.94 bits per heavy atom. The molecule has 2 atom stereocenters. The van der Waals surface area contributed by atoms with Gasteiger partial charge in [-0.3, -0.25) is 4.79 Å². The standard InChI is InChI=1S/C11H22N2O3/c1-16-6-4-2-3-5-12-11(15)10-7-9(14)8-13-10/h9-10,13-14H,2-8H2,1H3,(H,12,15). The first-order chi connectivity index (χ1) is 7.74. The zero-order chi connectivity index (χ0) is 11.8. The van der Waals surface area contributed by atoms with E-state index in [4.69, 9.17) is 4.74 Å². The normalized spacial score (nSPS) is 24.6. The number of carbonyl (C=O) groups excluding carboxylic acids is 1. The molecule has 5 heteroatoms. The monoisotopic (exact) mass is 230 g/mol. The lowest BCUT2D eigenvalue weighted by Crippen LogP contribution is -2.40. The summed E-state index contributed by atoms with van der Waals surface area (Å²) in [4.78, 5) is 11.6. The van der Waals surface area contributed by atoms with Crippen LogP contribution >= 0.6 is 0 Å². The molecule has 0 bridgehead atoms. The van der Waals surface area contributed by atoms with Gasteiger partial charge < -0.3 is 20.5 Å². The number of amides is 1. The molecule has 1 saturated heterocycles. The van der Waals surface area contributed by atoms with Gasteiger partial charge >= 0.3 is 0 Å². The topological polar surface area (TPSA) is 70.6 Å². The van der Waals surface area contributed by atoms with E-state index >= 15 is 0 Å². The first-order valence-corrected chi connectivity index (χ1v) is 5.92. The van der Waals surface area contributed by atoms with Crippen molar-refractivity contribution in [1.29, 1.82) is 0 Å². The molecular formula is C11H22N2O3. The summed E-state index contributed by atoms with van der Waals surface area (Å²) in [6.45, 7) is 2.01. The van der Waals surface area contributed by atoms with Crippen molar-refractivity contribution < 1.29 is 14.6 Å². The van der Waals surface area contributed by atoms with Crippen molar-refractivity contribution in [1.82, 2.24) is 10.6 Å². The molecule has 1 heterocycles. The minimum absolute atomic E-state index is 0.00305. The van der Waals surface area contributed by atoms with Crippen LogP contribution in [0.3, 0.4) is 0 Å². The van der Waals surface area contributed by atoms with Crippen LogP contribution in [0.5, 0.6) is 0 Å². The van der Waals surface area contributed by atoms with Crippen molar-refractivity contribution in [2.45, 2.75) is 37.8 Å². The lowest BCUT2D eigenvalue weighted by Gasteiger charge is -2.10. The number of hydrogen-bond donors (Lipinski definition) is 3. The van der Waals surface area contributed by atoms with Gasteiger partial charge in [-0.15, -0.1) is 0 Å². The molecule has 0 aromatic carbocycles. The maximum absolute atomic E-state index is 11.6. The third-order valence-corrected chi connectivity index (χ3v) is 2.75. The van der Waals surface area contributed by atoms with Gasteiger partial charge in [-0.25, -0.2) is 0 Å². The second kappa shape index (κ2) is 7.60. The highest BCUT2D eigenvalue weighted by molar-refractivity contribution is 5.82. The van der Waals surface area contributed by atoms with Gasteiger partial charge in [-0.2, -0.15) is 0 Å². The number of rotatable bonds is 7. The van der Waals surface area contributed by atoms with E-state index in [1.54, 1.807) is 7.11 Å². The fourth-order valence-corrected chi connectivity index (χ4v) is 1.80. The van der Waals surface area contributed by atoms with Crippen LogP contribution in [0.25, 0.3) is 0 Å². The van der Waals surface area contributed by atoms with E-state index in [1.807, 2.05) is 0 Å². The van der Waals surface area contributed by atoms with E-state index in [1.165, 1.54) is 0 Å². The Morgan fingerprint density at radius 2 is 2.31 bits per heavy atom. The molecule has 0 radical (unpaired) electrons. The number of unbranched alkanes of at least 4 members (excludes halogenated alkanes) is 2. The summed E-state index contributed by atoms with van der Waals surface area (Å²) in [5.41, 5.74) is 0. The minimum atomic E-state index is -0.377. The molecule has 3 N–H and O–H groups in total. The number of carbonyl (C=O) groups is 1. The highest BCUT2D eigenvalue weighted by Gasteiger charge is 2.27. The largest absolute Gasteiger partial charge is 0.392 e. The summed E-state index contributed by atoms with van der Waals surface area (Å²) in [5.74, 6) is 0.00305. The van der Waals surface area contributed by atoms with Crippen LogP contribution in [0.2, 0.25) is 0 Å². The van der Waals surface area contributed by atoms with Gasteiger partial charge in [0.25, 0.3) is 0 Å². The predicted octanol–water partition coefficient (Wildman–Crippen LogP) is -0.358. The Kier molecular flexibility index (Phi) is 6.37. The molecule has 2 unspecified atom stereocenters. The van der Waals surface area contributed by atoms with Gasteiger partial charge in [-0.05, 0) is 25.7 Å². The fourth-order valence-electron chi connectivity index (χ4n) is 1.80. The van der Waals surface area contributed by atoms with Crippen molar-refractivity contribution in [3.05, 3.63) is 0 Å². The molecule has 0 saturated carbocycles. The van der Waals surface area contributed by atoms with Crippen LogP contribution in [0.15, 0.2) is 0 Å². The Hall–Kier alpha value is -0.650. The maximum atomic E-state index is 11.6. The second-order valence-electron chi connectivity index (χ2n) is 4.19. The van der Waals surface area contributed by atoms with Crippen molar-refractivity contribution >= 4 is 5.91 Å². The molecule has 1 fully saturated rings. The number of ether oxygens (including phenoxy) is 1. The molecule has 1 amide bonds. The van der Waals surface area contributed by atoms with E-state index < -0.39 is 0 Å². The van der Waals surface area contributed by atoms with Crippen LogP contribution in [0, 0.1) is 0 Å². The van der Waals surface area contributed by atoms with Crippen LogP contribution in [0.4, 0.5) is 0 Å². The van der Waals surface area contributed by atoms with Crippen LogP contribution in [0.1, 0.15) is 25.7 Å². The first-order valence-electron chi connectivity index (χ1n) is 5.92. The Morgan fingerprint density at radius 1 is 1.50 bits per heavy atom. The molecule has 94 valence electrons. The SMILES string of the molecule is COCCCCCNC(=O)C1CC(O)CN1. The summed E-state index contributed by atoms with van der Waals surface area (Å²) < 4.78 is 4.94. The van der Waals surface area contributed by atoms with Gasteiger partial charge in [-0.1, -0.05) is 0 Å². The molecule has 0 aromatic rings. The molecule has 1 rings (SSSR count). The van der Waals surface area contributed by atoms with Gasteiger partial charge in [0.05, 0.1) is 12.1 Å². The van der Waals surface area contributed by atoms with Crippen molar-refractivity contribution in [2.75, 3.05) is 26.8 Å². The third kappa shape index (κ3) is 4.92. The number of β-amino-alcohol motifs (C(OH)–C–C–N with tert-alkyl or cyclic N) is 1. The fraction of sp³-hybridized carbons (Fsp3) is 0.909. The van der Waals surface area contributed by atoms with Crippen molar-refractivity contribution in [3.63, 3.8) is 0 Å². The third-order valence-electron chi connectivity index (χ3n) is 2.75. The maximum Gasteiger partial charge on any atom is 0.237 e. The average molecular weight is 230 g/mol. The number of aliphatic hydroxyl groups is 1. The second-order valence-corrected chi connectivity index (χ2v) is 4.19. The summed E-state index contributed by atoms with van der Waals surface area (Å²) >= 11 is 0. The summed E-state index contributed by atoms with van der Waals surface area (Å²) in [5, 5.41) is 15.1. The molecule has 0 aromatic heterocycles. The molecule has 0 aliphatic carbocycles. The number of hydrogen-bond acceptors (Lipinski definition) is 4. The van der Waals surface area contributed by atoms with E-state index in [-0.39, 0.29) is 18.1 Å². The lowest BCUT2D eigenvalue weighted by molar-refractivity contribution is -0.122. The van der Waals surface area contributed by atoms with E-state index in [2.05, 4.69) is 10.6 Å². The Bertz CT molecular complexity index is 211. The van der Waals surface area contributed by atoms with Crippen molar-refractivity contribution in [2.24, 2.45) is 0 Å². The molecule has 5 nitrogen and oxygen atoms in total. The molecule has 1 aliphatic rings. The quantitative estimate of drug-likeness (QED) is 0.522. The smallest absolute Gasteiger partial charge is 0.237 e. The van der Waals surface area contributed by atoms with Gasteiger partial charge in [0, 0.05) is 26.8 Å². The van der Waals surface area contributed by atoms with Crippen LogP contribution in [-0.4, -0.2) is 50.0 Å². The number of nitrogens with one attached hydrogen (secondary N) is 2. The van der Waals surface area contributed by atoms with Gasteiger partial charge in [0.2, 0.25) is 5.91 Å². The lowest BCUT2D eigenvalue weighted by atomic mass is 10.2. The summed E-state index contributed by atoms with van der Waals surface area (Å²) in [6, 6.07) is -0.214. The van der Waals surface area contributed by atoms with Crippen LogP contribution < -0.4 is 10.6 Å². The first kappa shape index (κ1) is 13.4. The minimum Gasteiger partial charge on any atom is -0.392 e. The van der Waals surface area contributed by atoms with E-state index in [0.717, 1.165) is 25.9 Å². The van der Waals surface area contributed by atoms with Crippen LogP contribution in [-0.2, 0) is 9.53 Å². The van der Waals surface area contributed by atoms with Crippen molar-refractivity contribution in [3.8, 4) is 0 Å². The molecular weight excluding hydrogens is 208 g/mol. The zero-order valence-corrected chi connectivity index (χ0v) is 9.87. The van der Waals surface area contributed by atoms with Gasteiger partial charge in [0.15, 0.2) is 0 Å². The molecule has 16 heavy (non-hydrogen) atoms. The highest BCUT2D eigenvalue weighted by atomic mass is 16.5. The van der Waals surface area contributed by atoms with E-state index in [9.17, 15) is 9.90 Å². The zero-order valence-electron chi connectivity index (χ0n) is 9.87. The summed E-state index contributed by atoms with van der Waals surface area (Å²) in [6.07, 6.45) is 3.22. The molecule has 1 aliphatic heterocycles. The number of methoxy groups -OCH3 is 1. The average Bonchev–Trinajstić information content (AvgIpc) is 2.70. The highest BCUT2D eigenvalue weighted by Crippen LogP contribution is 2.06. The van der Waals surface area contributed by atoms with Gasteiger partial charge in [0.1, 0.15) is 0 Å². The van der Waals surface area contributed by atoms with E-state index in [0.29, 0.717) is 19.5 Å². The number of aliphatic hydroxyl groups excluding tert-OH is 1.